The minimum Gasteiger partial charge on any atom is -0.491 e. The van der Waals surface area contributed by atoms with E-state index in [4.69, 9.17) is 13.9 Å². The van der Waals surface area contributed by atoms with E-state index in [0.717, 1.165) is 17.6 Å². The average molecular weight is 232 g/mol. The lowest BCUT2D eigenvalue weighted by molar-refractivity contribution is 0.263. The molecule has 1 fully saturated rings. The van der Waals surface area contributed by atoms with E-state index in [2.05, 4.69) is 0 Å². The van der Waals surface area contributed by atoms with Gasteiger partial charge in [-0.25, -0.2) is 4.79 Å². The molecular formula is C13H12O4. The molecule has 3 rings (SSSR count). The first-order valence-electron chi connectivity index (χ1n) is 5.51. The molecule has 1 aromatic heterocycles. The van der Waals surface area contributed by atoms with E-state index in [-0.39, 0.29) is 11.7 Å². The molecule has 2 aromatic rings. The van der Waals surface area contributed by atoms with Gasteiger partial charge in [0.15, 0.2) is 0 Å². The second-order valence-corrected chi connectivity index (χ2v) is 4.17. The van der Waals surface area contributed by atoms with Gasteiger partial charge in [-0.3, -0.25) is 0 Å². The fourth-order valence-corrected chi connectivity index (χ4v) is 1.75. The highest BCUT2D eigenvalue weighted by Crippen LogP contribution is 2.23. The molecule has 0 aliphatic carbocycles. The van der Waals surface area contributed by atoms with Crippen LogP contribution < -0.4 is 10.4 Å². The van der Waals surface area contributed by atoms with Gasteiger partial charge in [0.25, 0.3) is 0 Å². The van der Waals surface area contributed by atoms with Crippen LogP contribution in [0.5, 0.6) is 5.75 Å². The van der Waals surface area contributed by atoms with Crippen molar-refractivity contribution in [2.24, 2.45) is 0 Å². The predicted octanol–water partition coefficient (Wildman–Crippen LogP) is 1.88. The van der Waals surface area contributed by atoms with Gasteiger partial charge in [-0.2, -0.15) is 0 Å². The highest BCUT2D eigenvalue weighted by Gasteiger charge is 2.23. The molecule has 0 radical (unpaired) electrons. The summed E-state index contributed by atoms with van der Waals surface area (Å²) in [5.74, 6) is 0.696. The Hall–Kier alpha value is -1.81. The Labute approximate surface area is 97.8 Å². The Morgan fingerprint density at radius 3 is 3.00 bits per heavy atom. The molecule has 4 heteroatoms. The zero-order valence-electron chi connectivity index (χ0n) is 9.43. The summed E-state index contributed by atoms with van der Waals surface area (Å²) in [4.78, 5) is 11.3. The lowest BCUT2D eigenvalue weighted by Crippen LogP contribution is -2.04. The highest BCUT2D eigenvalue weighted by molar-refractivity contribution is 5.81. The van der Waals surface area contributed by atoms with Crippen molar-refractivity contribution in [3.8, 4) is 5.75 Å². The van der Waals surface area contributed by atoms with E-state index in [1.54, 1.807) is 6.07 Å². The number of fused-ring (bicyclic) bond motifs is 1. The van der Waals surface area contributed by atoms with Crippen LogP contribution >= 0.6 is 0 Å². The van der Waals surface area contributed by atoms with Gasteiger partial charge in [-0.05, 0) is 24.6 Å². The smallest absolute Gasteiger partial charge is 0.336 e. The summed E-state index contributed by atoms with van der Waals surface area (Å²) in [6.07, 6.45) is 0.218. The maximum atomic E-state index is 11.3. The van der Waals surface area contributed by atoms with Crippen molar-refractivity contribution in [3.05, 3.63) is 40.2 Å². The third-order valence-electron chi connectivity index (χ3n) is 2.76. The largest absolute Gasteiger partial charge is 0.491 e. The van der Waals surface area contributed by atoms with Crippen LogP contribution in [0.4, 0.5) is 0 Å². The number of ether oxygens (including phenoxy) is 2. The maximum absolute atomic E-state index is 11.3. The van der Waals surface area contributed by atoms with Crippen LogP contribution in [0.2, 0.25) is 0 Å². The summed E-state index contributed by atoms with van der Waals surface area (Å²) in [5.41, 5.74) is 1.13. The fourth-order valence-electron chi connectivity index (χ4n) is 1.75. The minimum absolute atomic E-state index is 0.218. The number of aryl methyl sites for hydroxylation is 1. The van der Waals surface area contributed by atoms with Crippen LogP contribution in [0.15, 0.2) is 33.5 Å². The van der Waals surface area contributed by atoms with Crippen LogP contribution in [-0.2, 0) is 4.74 Å². The zero-order chi connectivity index (χ0) is 11.8. The lowest BCUT2D eigenvalue weighted by Gasteiger charge is -2.05. The molecule has 1 aliphatic rings. The average Bonchev–Trinajstić information content (AvgIpc) is 3.09. The van der Waals surface area contributed by atoms with E-state index in [1.807, 2.05) is 19.1 Å². The van der Waals surface area contributed by atoms with Crippen LogP contribution in [0, 0.1) is 6.92 Å². The van der Waals surface area contributed by atoms with Crippen molar-refractivity contribution < 1.29 is 13.9 Å². The second-order valence-electron chi connectivity index (χ2n) is 4.17. The highest BCUT2D eigenvalue weighted by atomic mass is 16.6. The summed E-state index contributed by atoms with van der Waals surface area (Å²) in [6.45, 7) is 3.20. The standard InChI is InChI=1S/C13H12O4/c1-8-4-13(14)17-12-5-9(2-3-11(8)12)15-6-10-7-16-10/h2-5,10H,6-7H2,1H3. The minimum atomic E-state index is -0.335. The van der Waals surface area contributed by atoms with Gasteiger partial charge in [0.2, 0.25) is 0 Å². The Morgan fingerprint density at radius 1 is 1.41 bits per heavy atom. The van der Waals surface area contributed by atoms with Crippen molar-refractivity contribution >= 4 is 11.0 Å². The van der Waals surface area contributed by atoms with Crippen molar-refractivity contribution in [1.29, 1.82) is 0 Å². The molecule has 1 aliphatic heterocycles. The first-order chi connectivity index (χ1) is 8.22. The van der Waals surface area contributed by atoms with Crippen LogP contribution in [-0.4, -0.2) is 19.3 Å². The molecule has 1 saturated heterocycles. The van der Waals surface area contributed by atoms with Crippen LogP contribution in [0.1, 0.15) is 5.56 Å². The van der Waals surface area contributed by atoms with Crippen molar-refractivity contribution in [3.63, 3.8) is 0 Å². The van der Waals surface area contributed by atoms with Crippen LogP contribution in [0.3, 0.4) is 0 Å². The zero-order valence-corrected chi connectivity index (χ0v) is 9.43. The molecule has 4 nitrogen and oxygen atoms in total. The molecule has 0 spiro atoms. The van der Waals surface area contributed by atoms with Gasteiger partial charge in [0.05, 0.1) is 6.61 Å². The van der Waals surface area contributed by atoms with E-state index >= 15 is 0 Å². The summed E-state index contributed by atoms with van der Waals surface area (Å²) < 4.78 is 15.7. The SMILES string of the molecule is Cc1cc(=O)oc2cc(OCC3CO3)ccc12. The van der Waals surface area contributed by atoms with E-state index in [1.165, 1.54) is 6.07 Å². The second kappa shape index (κ2) is 3.89. The number of benzene rings is 1. The summed E-state index contributed by atoms with van der Waals surface area (Å²) in [6, 6.07) is 7.00. The maximum Gasteiger partial charge on any atom is 0.336 e. The number of hydrogen-bond donors (Lipinski definition) is 0. The molecule has 0 amide bonds. The first kappa shape index (κ1) is 10.4. The van der Waals surface area contributed by atoms with Crippen molar-refractivity contribution in [1.82, 2.24) is 0 Å². The quantitative estimate of drug-likeness (QED) is 0.599. The lowest BCUT2D eigenvalue weighted by atomic mass is 10.1. The van der Waals surface area contributed by atoms with Crippen molar-refractivity contribution in [2.45, 2.75) is 13.0 Å². The number of hydrogen-bond acceptors (Lipinski definition) is 4. The van der Waals surface area contributed by atoms with E-state index < -0.39 is 0 Å². The van der Waals surface area contributed by atoms with E-state index in [9.17, 15) is 4.79 Å². The fraction of sp³-hybridized carbons (Fsp3) is 0.308. The molecule has 2 heterocycles. The third-order valence-corrected chi connectivity index (χ3v) is 2.76. The molecule has 0 bridgehead atoms. The third kappa shape index (κ3) is 2.17. The molecular weight excluding hydrogens is 220 g/mol. The molecule has 1 aromatic carbocycles. The molecule has 88 valence electrons. The van der Waals surface area contributed by atoms with Crippen LogP contribution in [0.25, 0.3) is 11.0 Å². The van der Waals surface area contributed by atoms with Gasteiger partial charge in [-0.1, -0.05) is 0 Å². The molecule has 1 atom stereocenters. The number of rotatable bonds is 3. The van der Waals surface area contributed by atoms with Crippen molar-refractivity contribution in [2.75, 3.05) is 13.2 Å². The van der Waals surface area contributed by atoms with Gasteiger partial charge in [0.1, 0.15) is 24.0 Å². The molecule has 17 heavy (non-hydrogen) atoms. The summed E-state index contributed by atoms with van der Waals surface area (Å²) in [5, 5.41) is 0.930. The summed E-state index contributed by atoms with van der Waals surface area (Å²) >= 11 is 0. The first-order valence-corrected chi connectivity index (χ1v) is 5.51. The Bertz CT molecular complexity index is 610. The Balaban J connectivity index is 1.96. The molecule has 0 N–H and O–H groups in total. The summed E-state index contributed by atoms with van der Waals surface area (Å²) in [7, 11) is 0. The van der Waals surface area contributed by atoms with Gasteiger partial charge in [0, 0.05) is 17.5 Å². The van der Waals surface area contributed by atoms with Gasteiger partial charge in [-0.15, -0.1) is 0 Å². The number of epoxide rings is 1. The monoisotopic (exact) mass is 232 g/mol. The predicted molar refractivity (Wildman–Crippen MR) is 62.5 cm³/mol. The normalized spacial score (nSPS) is 18.3. The van der Waals surface area contributed by atoms with Gasteiger partial charge < -0.3 is 13.9 Å². The van der Waals surface area contributed by atoms with E-state index in [0.29, 0.717) is 17.9 Å². The molecule has 0 saturated carbocycles. The molecule has 1 unspecified atom stereocenters. The Kier molecular flexibility index (Phi) is 2.37. The Morgan fingerprint density at radius 2 is 2.24 bits per heavy atom. The van der Waals surface area contributed by atoms with Gasteiger partial charge >= 0.3 is 5.63 Å². The topological polar surface area (TPSA) is 52.0 Å².